The van der Waals surface area contributed by atoms with Gasteiger partial charge in [0.1, 0.15) is 18.4 Å². The maximum absolute atomic E-state index is 14.4. The molecule has 4 rings (SSSR count). The number of hydrogen-bond acceptors (Lipinski definition) is 4. The zero-order chi connectivity index (χ0) is 32.8. The predicted octanol–water partition coefficient (Wildman–Crippen LogP) is 6.88. The molecule has 1 unspecified atom stereocenters. The third-order valence-electron chi connectivity index (χ3n) is 6.83. The summed E-state index contributed by atoms with van der Waals surface area (Å²) in [6.45, 7) is 4.75. The first kappa shape index (κ1) is 34.0. The second kappa shape index (κ2) is 14.5. The molecule has 4 aromatic rings. The summed E-state index contributed by atoms with van der Waals surface area (Å²) in [5.41, 5.74) is 0.840. The molecule has 7 nitrogen and oxygen atoms in total. The Bertz CT molecular complexity index is 1730. The summed E-state index contributed by atoms with van der Waals surface area (Å²) in [5, 5.41) is 3.56. The highest BCUT2D eigenvalue weighted by Crippen LogP contribution is 2.27. The lowest BCUT2D eigenvalue weighted by molar-refractivity contribution is -0.140. The van der Waals surface area contributed by atoms with E-state index in [4.69, 9.17) is 23.2 Å². The van der Waals surface area contributed by atoms with Gasteiger partial charge in [0, 0.05) is 18.5 Å². The second-order valence-electron chi connectivity index (χ2n) is 11.5. The largest absolute Gasteiger partial charge is 0.350 e. The van der Waals surface area contributed by atoms with Crippen LogP contribution in [0.3, 0.4) is 0 Å². The minimum absolute atomic E-state index is 0.0514. The minimum atomic E-state index is -4.29. The van der Waals surface area contributed by atoms with Gasteiger partial charge >= 0.3 is 0 Å². The number of benzene rings is 4. The summed E-state index contributed by atoms with van der Waals surface area (Å²) in [7, 11) is -4.29. The van der Waals surface area contributed by atoms with Crippen molar-refractivity contribution >= 4 is 50.7 Å². The van der Waals surface area contributed by atoms with Crippen molar-refractivity contribution in [2.75, 3.05) is 10.8 Å². The van der Waals surface area contributed by atoms with Gasteiger partial charge < -0.3 is 10.2 Å². The third kappa shape index (κ3) is 9.06. The Balaban J connectivity index is 1.82. The van der Waals surface area contributed by atoms with Crippen molar-refractivity contribution in [1.82, 2.24) is 10.2 Å². The van der Waals surface area contributed by atoms with Gasteiger partial charge in [-0.05, 0) is 80.4 Å². The smallest absolute Gasteiger partial charge is 0.264 e. The Hall–Kier alpha value is -3.92. The third-order valence-corrected chi connectivity index (χ3v) is 9.36. The number of rotatable bonds is 11. The lowest BCUT2D eigenvalue weighted by Gasteiger charge is -2.35. The fourth-order valence-corrected chi connectivity index (χ4v) is 6.45. The van der Waals surface area contributed by atoms with Crippen LogP contribution in [0, 0.1) is 5.82 Å². The Labute approximate surface area is 273 Å². The van der Waals surface area contributed by atoms with Gasteiger partial charge in [0.25, 0.3) is 10.0 Å². The SMILES string of the molecule is CC(C)(C)NC(=O)C(Cc1ccccc1)N(Cc1ccc(Cl)c(Cl)c1)C(=O)CN(c1ccc(F)cc1)S(=O)(=O)c1ccccc1. The van der Waals surface area contributed by atoms with Crippen molar-refractivity contribution in [2.24, 2.45) is 0 Å². The van der Waals surface area contributed by atoms with Crippen LogP contribution in [0.15, 0.2) is 108 Å². The predicted molar refractivity (Wildman–Crippen MR) is 176 cm³/mol. The normalized spacial score (nSPS) is 12.3. The van der Waals surface area contributed by atoms with Crippen molar-refractivity contribution in [1.29, 1.82) is 0 Å². The molecule has 45 heavy (non-hydrogen) atoms. The summed E-state index contributed by atoms with van der Waals surface area (Å²) < 4.78 is 42.7. The zero-order valence-electron chi connectivity index (χ0n) is 25.1. The fourth-order valence-electron chi connectivity index (χ4n) is 4.70. The molecule has 236 valence electrons. The maximum Gasteiger partial charge on any atom is 0.264 e. The van der Waals surface area contributed by atoms with Gasteiger partial charge in [-0.15, -0.1) is 0 Å². The molecule has 4 aromatic carbocycles. The lowest BCUT2D eigenvalue weighted by atomic mass is 10.0. The summed E-state index contributed by atoms with van der Waals surface area (Å²) in [5.74, 6) is -1.64. The lowest BCUT2D eigenvalue weighted by Crippen LogP contribution is -2.56. The van der Waals surface area contributed by atoms with E-state index in [2.05, 4.69) is 5.32 Å². The van der Waals surface area contributed by atoms with Crippen molar-refractivity contribution < 1.29 is 22.4 Å². The average Bonchev–Trinajstić information content (AvgIpc) is 3.00. The van der Waals surface area contributed by atoms with Crippen LogP contribution in [0.25, 0.3) is 0 Å². The number of anilines is 1. The first-order chi connectivity index (χ1) is 21.2. The molecule has 0 radical (unpaired) electrons. The van der Waals surface area contributed by atoms with Crippen LogP contribution < -0.4 is 9.62 Å². The van der Waals surface area contributed by atoms with Gasteiger partial charge in [-0.25, -0.2) is 12.8 Å². The first-order valence-corrected chi connectivity index (χ1v) is 16.4. The molecule has 0 aromatic heterocycles. The molecule has 0 spiro atoms. The molecule has 0 saturated carbocycles. The van der Waals surface area contributed by atoms with Crippen molar-refractivity contribution in [2.45, 2.75) is 50.2 Å². The molecule has 0 aliphatic carbocycles. The molecule has 0 saturated heterocycles. The molecule has 1 N–H and O–H groups in total. The van der Waals surface area contributed by atoms with E-state index in [-0.39, 0.29) is 28.6 Å². The number of nitrogens with one attached hydrogen (secondary N) is 1. The van der Waals surface area contributed by atoms with Gasteiger partial charge in [-0.1, -0.05) is 77.8 Å². The standard InChI is InChI=1S/C34H34Cl2FN3O4S/c1-34(2,3)38-33(42)31(21-24-10-6-4-7-11-24)39(22-25-14-19-29(35)30(36)20-25)32(41)23-40(27-17-15-26(37)16-18-27)45(43,44)28-12-8-5-9-13-28/h4-20,31H,21-23H2,1-3H3,(H,38,42). The summed E-state index contributed by atoms with van der Waals surface area (Å²) in [6.07, 6.45) is 0.151. The van der Waals surface area contributed by atoms with Gasteiger partial charge in [0.05, 0.1) is 20.6 Å². The van der Waals surface area contributed by atoms with Crippen LogP contribution in [-0.2, 0) is 32.6 Å². The number of carbonyl (C=O) groups is 2. The highest BCUT2D eigenvalue weighted by Gasteiger charge is 2.35. The van der Waals surface area contributed by atoms with Gasteiger partial charge in [0.2, 0.25) is 11.8 Å². The van der Waals surface area contributed by atoms with Gasteiger partial charge in [-0.3, -0.25) is 13.9 Å². The van der Waals surface area contributed by atoms with Gasteiger partial charge in [0.15, 0.2) is 0 Å². The Morgan fingerprint density at radius 3 is 2.00 bits per heavy atom. The Morgan fingerprint density at radius 2 is 1.42 bits per heavy atom. The number of amides is 2. The van der Waals surface area contributed by atoms with E-state index in [1.807, 2.05) is 51.1 Å². The molecular weight excluding hydrogens is 636 g/mol. The quantitative estimate of drug-likeness (QED) is 0.189. The molecule has 2 amide bonds. The Morgan fingerprint density at radius 1 is 0.822 bits per heavy atom. The monoisotopic (exact) mass is 669 g/mol. The van der Waals surface area contributed by atoms with Gasteiger partial charge in [-0.2, -0.15) is 0 Å². The molecule has 0 bridgehead atoms. The molecule has 0 heterocycles. The number of carbonyl (C=O) groups excluding carboxylic acids is 2. The number of nitrogens with zero attached hydrogens (tertiary/aromatic N) is 2. The van der Waals surface area contributed by atoms with Crippen LogP contribution in [0.5, 0.6) is 0 Å². The van der Waals surface area contributed by atoms with E-state index in [1.54, 1.807) is 36.4 Å². The van der Waals surface area contributed by atoms with E-state index in [9.17, 15) is 22.4 Å². The van der Waals surface area contributed by atoms with E-state index in [0.29, 0.717) is 10.6 Å². The van der Waals surface area contributed by atoms with Crippen LogP contribution in [0.2, 0.25) is 10.0 Å². The maximum atomic E-state index is 14.4. The summed E-state index contributed by atoms with van der Waals surface area (Å²) >= 11 is 12.5. The van der Waals surface area contributed by atoms with Crippen LogP contribution in [0.4, 0.5) is 10.1 Å². The number of sulfonamides is 1. The molecule has 11 heteroatoms. The highest BCUT2D eigenvalue weighted by atomic mass is 35.5. The topological polar surface area (TPSA) is 86.8 Å². The van der Waals surface area contributed by atoms with E-state index < -0.39 is 45.8 Å². The summed E-state index contributed by atoms with van der Waals surface area (Å²) in [4.78, 5) is 29.6. The molecule has 0 fully saturated rings. The number of halogens is 3. The molecule has 0 aliphatic rings. The zero-order valence-corrected chi connectivity index (χ0v) is 27.4. The minimum Gasteiger partial charge on any atom is -0.350 e. The van der Waals surface area contributed by atoms with E-state index >= 15 is 0 Å². The van der Waals surface area contributed by atoms with Crippen LogP contribution >= 0.6 is 23.2 Å². The molecular formula is C34H34Cl2FN3O4S. The average molecular weight is 671 g/mol. The Kier molecular flexibility index (Phi) is 10.9. The molecule has 1 atom stereocenters. The first-order valence-electron chi connectivity index (χ1n) is 14.2. The number of hydrogen-bond donors (Lipinski definition) is 1. The van der Waals surface area contributed by atoms with E-state index in [1.165, 1.54) is 29.2 Å². The highest BCUT2D eigenvalue weighted by molar-refractivity contribution is 7.92. The van der Waals surface area contributed by atoms with E-state index in [0.717, 1.165) is 22.0 Å². The van der Waals surface area contributed by atoms with Crippen molar-refractivity contribution in [3.63, 3.8) is 0 Å². The van der Waals surface area contributed by atoms with Crippen molar-refractivity contribution in [3.8, 4) is 0 Å². The molecule has 0 aliphatic heterocycles. The fraction of sp³-hybridized carbons (Fsp3) is 0.235. The second-order valence-corrected chi connectivity index (χ2v) is 14.2. The summed E-state index contributed by atoms with van der Waals surface area (Å²) in [6, 6.07) is 25.5. The van der Waals surface area contributed by atoms with Crippen LogP contribution in [0.1, 0.15) is 31.9 Å². The van der Waals surface area contributed by atoms with Crippen LogP contribution in [-0.4, -0.2) is 43.3 Å². The van der Waals surface area contributed by atoms with Crippen molar-refractivity contribution in [3.05, 3.63) is 130 Å².